The predicted molar refractivity (Wildman–Crippen MR) is 92.0 cm³/mol. The maximum Gasteiger partial charge on any atom is 0.306 e. The highest BCUT2D eigenvalue weighted by Crippen LogP contribution is 2.62. The molecule has 146 valence electrons. The van der Waals surface area contributed by atoms with Crippen LogP contribution < -0.4 is 10.9 Å². The van der Waals surface area contributed by atoms with Crippen LogP contribution in [0, 0.1) is 17.3 Å². The standard InChI is InChI=1S/C19H24N2O6/c22-15(20-21-17(24)14-2-1-3-26-14)10-27-16(23)9-18-5-12-4-13(6-18)8-19(25,7-12)11-18/h1-3,12-13,25H,4-11H2,(H,20,22)(H,21,24)/t12-,13+,18?,19?. The third-order valence-corrected chi connectivity index (χ3v) is 6.10. The van der Waals surface area contributed by atoms with Crippen LogP contribution in [0.2, 0.25) is 0 Å². The van der Waals surface area contributed by atoms with Crippen LogP contribution in [0.25, 0.3) is 0 Å². The van der Waals surface area contributed by atoms with E-state index >= 15 is 0 Å². The Morgan fingerprint density at radius 2 is 1.93 bits per heavy atom. The fourth-order valence-corrected chi connectivity index (χ4v) is 5.74. The molecule has 2 amide bonds. The van der Waals surface area contributed by atoms with Gasteiger partial charge in [0.15, 0.2) is 12.4 Å². The lowest BCUT2D eigenvalue weighted by Crippen LogP contribution is -2.56. The molecular formula is C19H24N2O6. The number of nitrogens with one attached hydrogen (secondary N) is 2. The Hall–Kier alpha value is -2.35. The average molecular weight is 376 g/mol. The van der Waals surface area contributed by atoms with E-state index in [0.29, 0.717) is 18.3 Å². The van der Waals surface area contributed by atoms with E-state index in [4.69, 9.17) is 9.15 Å². The Labute approximate surface area is 156 Å². The van der Waals surface area contributed by atoms with Gasteiger partial charge in [0.2, 0.25) is 0 Å². The van der Waals surface area contributed by atoms with Crippen molar-refractivity contribution in [2.24, 2.45) is 17.3 Å². The second-order valence-corrected chi connectivity index (χ2v) is 8.50. The molecule has 4 fully saturated rings. The summed E-state index contributed by atoms with van der Waals surface area (Å²) >= 11 is 0. The Morgan fingerprint density at radius 1 is 1.19 bits per heavy atom. The lowest BCUT2D eigenvalue weighted by atomic mass is 9.47. The molecule has 0 saturated heterocycles. The molecule has 4 bridgehead atoms. The number of furan rings is 1. The van der Waals surface area contributed by atoms with E-state index in [1.165, 1.54) is 12.3 Å². The number of ether oxygens (including phenoxy) is 1. The highest BCUT2D eigenvalue weighted by molar-refractivity contribution is 5.93. The topological polar surface area (TPSA) is 118 Å². The quantitative estimate of drug-likeness (QED) is 0.527. The molecule has 8 nitrogen and oxygen atoms in total. The number of hydrazine groups is 1. The summed E-state index contributed by atoms with van der Waals surface area (Å²) in [5.74, 6) is -0.623. The number of esters is 1. The Bertz CT molecular complexity index is 729. The van der Waals surface area contributed by atoms with Gasteiger partial charge in [0.1, 0.15) is 0 Å². The summed E-state index contributed by atoms with van der Waals surface area (Å²) in [6.07, 6.45) is 6.97. The van der Waals surface area contributed by atoms with Crippen LogP contribution in [0.15, 0.2) is 22.8 Å². The van der Waals surface area contributed by atoms with Crippen molar-refractivity contribution in [2.45, 2.75) is 50.5 Å². The molecule has 4 aliphatic carbocycles. The Morgan fingerprint density at radius 3 is 2.56 bits per heavy atom. The first-order valence-electron chi connectivity index (χ1n) is 9.36. The largest absolute Gasteiger partial charge is 0.459 e. The molecule has 0 radical (unpaired) electrons. The van der Waals surface area contributed by atoms with E-state index in [1.54, 1.807) is 6.07 Å². The van der Waals surface area contributed by atoms with Gasteiger partial charge in [-0.15, -0.1) is 0 Å². The van der Waals surface area contributed by atoms with Crippen LogP contribution in [0.5, 0.6) is 0 Å². The summed E-state index contributed by atoms with van der Waals surface area (Å²) in [5, 5.41) is 10.7. The number of carbonyl (C=O) groups excluding carboxylic acids is 3. The molecule has 0 spiro atoms. The van der Waals surface area contributed by atoms with Crippen LogP contribution in [0.1, 0.15) is 55.5 Å². The lowest BCUT2D eigenvalue weighted by molar-refractivity contribution is -0.177. The van der Waals surface area contributed by atoms with Crippen LogP contribution in [-0.2, 0) is 14.3 Å². The predicted octanol–water partition coefficient (Wildman–Crippen LogP) is 1.31. The molecule has 1 aromatic heterocycles. The van der Waals surface area contributed by atoms with Crippen molar-refractivity contribution in [3.8, 4) is 0 Å². The third kappa shape index (κ3) is 3.85. The molecule has 5 rings (SSSR count). The van der Waals surface area contributed by atoms with Gasteiger partial charge in [0, 0.05) is 0 Å². The lowest BCUT2D eigenvalue weighted by Gasteiger charge is -2.60. The number of amides is 2. The fraction of sp³-hybridized carbons (Fsp3) is 0.632. The molecule has 1 aromatic rings. The first-order chi connectivity index (χ1) is 12.8. The Kier molecular flexibility index (Phi) is 4.46. The van der Waals surface area contributed by atoms with Gasteiger partial charge in [-0.1, -0.05) is 0 Å². The minimum Gasteiger partial charge on any atom is -0.459 e. The highest BCUT2D eigenvalue weighted by Gasteiger charge is 2.57. The average Bonchev–Trinajstić information content (AvgIpc) is 3.09. The van der Waals surface area contributed by atoms with Crippen molar-refractivity contribution < 1.29 is 28.6 Å². The fourth-order valence-electron chi connectivity index (χ4n) is 5.74. The van der Waals surface area contributed by atoms with Crippen molar-refractivity contribution >= 4 is 17.8 Å². The van der Waals surface area contributed by atoms with Gasteiger partial charge < -0.3 is 14.3 Å². The maximum absolute atomic E-state index is 12.3. The van der Waals surface area contributed by atoms with E-state index in [2.05, 4.69) is 10.9 Å². The molecule has 1 heterocycles. The number of hydrogen-bond acceptors (Lipinski definition) is 6. The molecule has 4 aliphatic rings. The van der Waals surface area contributed by atoms with E-state index in [9.17, 15) is 19.5 Å². The molecular weight excluding hydrogens is 352 g/mol. The normalized spacial score (nSPS) is 33.5. The highest BCUT2D eigenvalue weighted by atomic mass is 16.5. The van der Waals surface area contributed by atoms with Gasteiger partial charge in [0.05, 0.1) is 18.3 Å². The number of aliphatic hydroxyl groups is 1. The van der Waals surface area contributed by atoms with E-state index in [-0.39, 0.29) is 17.6 Å². The second kappa shape index (κ2) is 6.67. The van der Waals surface area contributed by atoms with Crippen LogP contribution in [0.3, 0.4) is 0 Å². The smallest absolute Gasteiger partial charge is 0.306 e. The maximum atomic E-state index is 12.3. The summed E-state index contributed by atoms with van der Waals surface area (Å²) in [6, 6.07) is 3.01. The summed E-state index contributed by atoms with van der Waals surface area (Å²) in [6.45, 7) is -0.468. The van der Waals surface area contributed by atoms with Crippen molar-refractivity contribution in [1.82, 2.24) is 10.9 Å². The van der Waals surface area contributed by atoms with E-state index < -0.39 is 30.0 Å². The van der Waals surface area contributed by atoms with Gasteiger partial charge in [0.25, 0.3) is 5.91 Å². The van der Waals surface area contributed by atoms with Gasteiger partial charge >= 0.3 is 11.9 Å². The molecule has 4 atom stereocenters. The van der Waals surface area contributed by atoms with Gasteiger partial charge in [-0.3, -0.25) is 25.2 Å². The van der Waals surface area contributed by atoms with Crippen molar-refractivity contribution in [1.29, 1.82) is 0 Å². The first kappa shape index (κ1) is 18.0. The summed E-state index contributed by atoms with van der Waals surface area (Å²) in [5.41, 5.74) is 3.54. The van der Waals surface area contributed by atoms with E-state index in [1.807, 2.05) is 0 Å². The van der Waals surface area contributed by atoms with Gasteiger partial charge in [-0.25, -0.2) is 0 Å². The first-order valence-corrected chi connectivity index (χ1v) is 9.36. The minimum absolute atomic E-state index is 0.0621. The molecule has 0 aromatic carbocycles. The molecule has 2 unspecified atom stereocenters. The number of rotatable bonds is 5. The molecule has 0 aliphatic heterocycles. The van der Waals surface area contributed by atoms with Crippen molar-refractivity contribution in [3.05, 3.63) is 24.2 Å². The molecule has 4 saturated carbocycles. The molecule has 3 N–H and O–H groups in total. The third-order valence-electron chi connectivity index (χ3n) is 6.10. The zero-order chi connectivity index (χ0) is 19.1. The number of hydrogen-bond donors (Lipinski definition) is 3. The second-order valence-electron chi connectivity index (χ2n) is 8.50. The van der Waals surface area contributed by atoms with Crippen LogP contribution in [-0.4, -0.2) is 35.1 Å². The van der Waals surface area contributed by atoms with Crippen molar-refractivity contribution in [3.63, 3.8) is 0 Å². The van der Waals surface area contributed by atoms with Crippen LogP contribution >= 0.6 is 0 Å². The zero-order valence-electron chi connectivity index (χ0n) is 15.0. The van der Waals surface area contributed by atoms with Crippen LogP contribution in [0.4, 0.5) is 0 Å². The summed E-state index contributed by atoms with van der Waals surface area (Å²) in [7, 11) is 0. The van der Waals surface area contributed by atoms with Gasteiger partial charge in [-0.2, -0.15) is 0 Å². The van der Waals surface area contributed by atoms with E-state index in [0.717, 1.165) is 32.1 Å². The Balaban J connectivity index is 1.23. The minimum atomic E-state index is -0.632. The molecule has 27 heavy (non-hydrogen) atoms. The summed E-state index contributed by atoms with van der Waals surface area (Å²) in [4.78, 5) is 35.7. The zero-order valence-corrected chi connectivity index (χ0v) is 15.0. The van der Waals surface area contributed by atoms with Crippen molar-refractivity contribution in [2.75, 3.05) is 6.61 Å². The molecule has 8 heteroatoms. The summed E-state index contributed by atoms with van der Waals surface area (Å²) < 4.78 is 9.99. The number of carbonyl (C=O) groups is 3. The monoisotopic (exact) mass is 376 g/mol. The SMILES string of the molecule is O=C(COC(=O)CC12C[C@@H]3C[C@@H](CC(O)(C3)C1)C2)NNC(=O)c1ccco1. The van der Waals surface area contributed by atoms with Gasteiger partial charge in [-0.05, 0) is 67.9 Å².